The van der Waals surface area contributed by atoms with Gasteiger partial charge in [0.15, 0.2) is 0 Å². The molecule has 1 aliphatic carbocycles. The molecular formula is C14H12Cl2F. The van der Waals surface area contributed by atoms with Crippen LogP contribution in [0, 0.1) is 12.2 Å². The van der Waals surface area contributed by atoms with E-state index < -0.39 is 4.87 Å². The zero-order valence-electron chi connectivity index (χ0n) is 9.33. The van der Waals surface area contributed by atoms with Crippen LogP contribution in [0.1, 0.15) is 18.4 Å². The van der Waals surface area contributed by atoms with Crippen molar-refractivity contribution in [3.8, 4) is 0 Å². The van der Waals surface area contributed by atoms with Gasteiger partial charge >= 0.3 is 0 Å². The zero-order valence-corrected chi connectivity index (χ0v) is 10.8. The van der Waals surface area contributed by atoms with Crippen molar-refractivity contribution in [1.82, 2.24) is 0 Å². The van der Waals surface area contributed by atoms with Crippen LogP contribution in [0.3, 0.4) is 0 Å². The standard InChI is InChI=1S/C14H12Cl2F/c1-10(11-4-6-13(17)7-5-11)14(16)8-2-3-12(15)9-14/h2-10H,1H3. The molecule has 3 heteroatoms. The Morgan fingerprint density at radius 1 is 1.24 bits per heavy atom. The zero-order chi connectivity index (χ0) is 12.5. The van der Waals surface area contributed by atoms with Gasteiger partial charge in [-0.1, -0.05) is 42.8 Å². The average Bonchev–Trinajstić information content (AvgIpc) is 2.29. The van der Waals surface area contributed by atoms with Crippen LogP contribution in [0.2, 0.25) is 0 Å². The van der Waals surface area contributed by atoms with Crippen molar-refractivity contribution in [1.29, 1.82) is 0 Å². The Kier molecular flexibility index (Phi) is 3.60. The normalized spacial score (nSPS) is 25.5. The molecule has 0 aliphatic heterocycles. The second-order valence-electron chi connectivity index (χ2n) is 4.16. The molecule has 1 aromatic rings. The highest BCUT2D eigenvalue weighted by Crippen LogP contribution is 2.41. The Morgan fingerprint density at radius 2 is 1.88 bits per heavy atom. The SMILES string of the molecule is CC(c1ccc(F)cc1)C1(Cl)[CH]C(Cl)=CC=C1. The van der Waals surface area contributed by atoms with Crippen molar-refractivity contribution in [2.75, 3.05) is 0 Å². The van der Waals surface area contributed by atoms with E-state index in [1.165, 1.54) is 12.1 Å². The van der Waals surface area contributed by atoms with Crippen LogP contribution in [-0.4, -0.2) is 4.87 Å². The Bertz CT molecular complexity index is 462. The van der Waals surface area contributed by atoms with Crippen molar-refractivity contribution < 1.29 is 4.39 Å². The first-order valence-electron chi connectivity index (χ1n) is 5.36. The lowest BCUT2D eigenvalue weighted by Crippen LogP contribution is -2.28. The van der Waals surface area contributed by atoms with Gasteiger partial charge in [0.1, 0.15) is 5.82 Å². The summed E-state index contributed by atoms with van der Waals surface area (Å²) in [5.41, 5.74) is 0.980. The van der Waals surface area contributed by atoms with E-state index in [2.05, 4.69) is 0 Å². The highest BCUT2D eigenvalue weighted by atomic mass is 35.5. The van der Waals surface area contributed by atoms with E-state index in [0.29, 0.717) is 5.03 Å². The number of hydrogen-bond donors (Lipinski definition) is 0. The number of alkyl halides is 1. The molecule has 0 N–H and O–H groups in total. The smallest absolute Gasteiger partial charge is 0.123 e. The van der Waals surface area contributed by atoms with Crippen LogP contribution < -0.4 is 0 Å². The molecule has 0 saturated carbocycles. The lowest BCUT2D eigenvalue weighted by Gasteiger charge is -2.32. The summed E-state index contributed by atoms with van der Waals surface area (Å²) in [6.45, 7) is 2.00. The fourth-order valence-electron chi connectivity index (χ4n) is 1.87. The number of allylic oxidation sites excluding steroid dienone is 4. The van der Waals surface area contributed by atoms with Gasteiger partial charge in [-0.2, -0.15) is 0 Å². The summed E-state index contributed by atoms with van der Waals surface area (Å²) >= 11 is 12.5. The predicted molar refractivity (Wildman–Crippen MR) is 70.8 cm³/mol. The number of halogens is 3. The Hall–Kier alpha value is -0.790. The van der Waals surface area contributed by atoms with E-state index in [-0.39, 0.29) is 11.7 Å². The minimum absolute atomic E-state index is 0.0171. The van der Waals surface area contributed by atoms with Gasteiger partial charge in [-0.05, 0) is 23.8 Å². The monoisotopic (exact) mass is 269 g/mol. The van der Waals surface area contributed by atoms with E-state index in [4.69, 9.17) is 23.2 Å². The molecule has 0 aromatic heterocycles. The van der Waals surface area contributed by atoms with Crippen LogP contribution >= 0.6 is 23.2 Å². The van der Waals surface area contributed by atoms with Gasteiger partial charge < -0.3 is 0 Å². The van der Waals surface area contributed by atoms with Gasteiger partial charge in [0.25, 0.3) is 0 Å². The van der Waals surface area contributed by atoms with Crippen LogP contribution in [0.5, 0.6) is 0 Å². The van der Waals surface area contributed by atoms with Crippen LogP contribution in [0.4, 0.5) is 4.39 Å². The van der Waals surface area contributed by atoms with E-state index in [1.54, 1.807) is 18.2 Å². The van der Waals surface area contributed by atoms with Gasteiger partial charge in [0.2, 0.25) is 0 Å². The quantitative estimate of drug-likeness (QED) is 0.677. The van der Waals surface area contributed by atoms with E-state index in [1.807, 2.05) is 25.5 Å². The fourth-order valence-corrected chi connectivity index (χ4v) is 2.50. The lowest BCUT2D eigenvalue weighted by atomic mass is 9.82. The van der Waals surface area contributed by atoms with Gasteiger partial charge in [-0.3, -0.25) is 0 Å². The molecule has 89 valence electrons. The third-order valence-electron chi connectivity index (χ3n) is 3.00. The summed E-state index contributed by atoms with van der Waals surface area (Å²) in [5, 5.41) is 0.622. The molecule has 0 bridgehead atoms. The number of benzene rings is 1. The summed E-state index contributed by atoms with van der Waals surface area (Å²) in [7, 11) is 0. The lowest BCUT2D eigenvalue weighted by molar-refractivity contribution is 0.619. The summed E-state index contributed by atoms with van der Waals surface area (Å²) in [4.78, 5) is -0.649. The second kappa shape index (κ2) is 4.83. The summed E-state index contributed by atoms with van der Waals surface area (Å²) < 4.78 is 12.9. The van der Waals surface area contributed by atoms with E-state index in [9.17, 15) is 4.39 Å². The van der Waals surface area contributed by atoms with Crippen molar-refractivity contribution in [3.63, 3.8) is 0 Å². The summed E-state index contributed by atoms with van der Waals surface area (Å²) in [6.07, 6.45) is 7.34. The third kappa shape index (κ3) is 2.72. The van der Waals surface area contributed by atoms with Crippen molar-refractivity contribution in [3.05, 3.63) is 65.3 Å². The fraction of sp³-hybridized carbons (Fsp3) is 0.214. The number of hydrogen-bond acceptors (Lipinski definition) is 0. The third-order valence-corrected chi connectivity index (χ3v) is 3.80. The van der Waals surface area contributed by atoms with Gasteiger partial charge in [0.05, 0.1) is 4.87 Å². The Morgan fingerprint density at radius 3 is 2.47 bits per heavy atom. The maximum atomic E-state index is 12.9. The molecule has 0 spiro atoms. The highest BCUT2D eigenvalue weighted by Gasteiger charge is 2.34. The molecule has 2 rings (SSSR count). The first-order chi connectivity index (χ1) is 8.01. The molecule has 17 heavy (non-hydrogen) atoms. The molecule has 1 aromatic carbocycles. The molecular weight excluding hydrogens is 258 g/mol. The summed E-state index contributed by atoms with van der Waals surface area (Å²) in [5.74, 6) is -0.228. The van der Waals surface area contributed by atoms with Crippen LogP contribution in [-0.2, 0) is 0 Å². The van der Waals surface area contributed by atoms with Gasteiger partial charge in [0, 0.05) is 17.4 Å². The van der Waals surface area contributed by atoms with Crippen molar-refractivity contribution in [2.24, 2.45) is 0 Å². The molecule has 1 aliphatic rings. The molecule has 2 atom stereocenters. The topological polar surface area (TPSA) is 0 Å². The molecule has 0 amide bonds. The highest BCUT2D eigenvalue weighted by molar-refractivity contribution is 6.34. The molecule has 1 radical (unpaired) electrons. The molecule has 0 heterocycles. The van der Waals surface area contributed by atoms with Gasteiger partial charge in [-0.25, -0.2) is 4.39 Å². The number of rotatable bonds is 2. The maximum Gasteiger partial charge on any atom is 0.123 e. The molecule has 0 fully saturated rings. The minimum atomic E-state index is -0.649. The summed E-state index contributed by atoms with van der Waals surface area (Å²) in [6, 6.07) is 6.38. The van der Waals surface area contributed by atoms with E-state index >= 15 is 0 Å². The van der Waals surface area contributed by atoms with Crippen molar-refractivity contribution in [2.45, 2.75) is 17.7 Å². The first-order valence-corrected chi connectivity index (χ1v) is 6.12. The van der Waals surface area contributed by atoms with Crippen LogP contribution in [0.15, 0.2) is 47.5 Å². The van der Waals surface area contributed by atoms with Crippen LogP contribution in [0.25, 0.3) is 0 Å². The Balaban J connectivity index is 2.25. The van der Waals surface area contributed by atoms with Crippen molar-refractivity contribution >= 4 is 23.2 Å². The predicted octanol–water partition coefficient (Wildman–Crippen LogP) is 4.80. The molecule has 0 nitrogen and oxygen atoms in total. The first kappa shape index (κ1) is 12.7. The molecule has 0 saturated heterocycles. The second-order valence-corrected chi connectivity index (χ2v) is 5.25. The minimum Gasteiger partial charge on any atom is -0.207 e. The van der Waals surface area contributed by atoms with E-state index in [0.717, 1.165) is 5.56 Å². The largest absolute Gasteiger partial charge is 0.207 e. The van der Waals surface area contributed by atoms with Gasteiger partial charge in [-0.15, -0.1) is 11.6 Å². The average molecular weight is 270 g/mol. The molecule has 2 unspecified atom stereocenters. The Labute approximate surface area is 111 Å². The maximum absolute atomic E-state index is 12.9.